The molecule has 1 unspecified atom stereocenters. The van der Waals surface area contributed by atoms with Crippen LogP contribution >= 0.6 is 0 Å². The fourth-order valence-electron chi connectivity index (χ4n) is 2.82. The van der Waals surface area contributed by atoms with E-state index in [1.807, 2.05) is 13.0 Å². The van der Waals surface area contributed by atoms with E-state index in [0.29, 0.717) is 18.8 Å². The first kappa shape index (κ1) is 16.0. The zero-order valence-corrected chi connectivity index (χ0v) is 13.4. The minimum Gasteiger partial charge on any atom is -0.292 e. The minimum atomic E-state index is -0.761. The highest BCUT2D eigenvalue weighted by molar-refractivity contribution is 6.06. The molecule has 0 aliphatic carbocycles. The van der Waals surface area contributed by atoms with Gasteiger partial charge >= 0.3 is 6.03 Å². The maximum atomic E-state index is 14.2. The number of urea groups is 1. The number of nitrogens with zero attached hydrogens (tertiary/aromatic N) is 4. The molecule has 7 heteroatoms. The molecule has 0 N–H and O–H groups in total. The van der Waals surface area contributed by atoms with E-state index in [1.54, 1.807) is 23.4 Å². The van der Waals surface area contributed by atoms with E-state index in [4.69, 9.17) is 0 Å². The number of aromatic nitrogens is 1. The second-order valence-electron chi connectivity index (χ2n) is 5.74. The number of hydrogen-bond donors (Lipinski definition) is 0. The standard InChI is InChI=1S/C17H17FN4O2/c1-11-5-6-19-10-16(11)22-8-7-21(17(22)23)13-3-4-14(12(2)20-24)15(18)9-13/h3-6,9-10,12H,7-8H2,1-2H3. The molecule has 1 aliphatic heterocycles. The van der Waals surface area contributed by atoms with Gasteiger partial charge in [0.2, 0.25) is 0 Å². The lowest BCUT2D eigenvalue weighted by Gasteiger charge is -2.20. The van der Waals surface area contributed by atoms with Gasteiger partial charge in [-0.1, -0.05) is 11.2 Å². The Kier molecular flexibility index (Phi) is 4.24. The molecule has 24 heavy (non-hydrogen) atoms. The van der Waals surface area contributed by atoms with E-state index in [1.165, 1.54) is 24.0 Å². The summed E-state index contributed by atoms with van der Waals surface area (Å²) in [6, 6.07) is 5.27. The highest BCUT2D eigenvalue weighted by Gasteiger charge is 2.32. The first-order valence-electron chi connectivity index (χ1n) is 7.64. The van der Waals surface area contributed by atoms with Crippen molar-refractivity contribution in [1.29, 1.82) is 0 Å². The van der Waals surface area contributed by atoms with Gasteiger partial charge in [0, 0.05) is 30.5 Å². The monoisotopic (exact) mass is 328 g/mol. The Labute approximate surface area is 138 Å². The molecule has 2 heterocycles. The van der Waals surface area contributed by atoms with E-state index in [2.05, 4.69) is 10.2 Å². The molecule has 124 valence electrons. The largest absolute Gasteiger partial charge is 0.329 e. The number of hydrogen-bond acceptors (Lipinski definition) is 4. The normalized spacial score (nSPS) is 15.7. The number of benzene rings is 1. The summed E-state index contributed by atoms with van der Waals surface area (Å²) in [4.78, 5) is 30.5. The summed E-state index contributed by atoms with van der Waals surface area (Å²) in [5.41, 5.74) is 2.39. The average molecular weight is 328 g/mol. The summed E-state index contributed by atoms with van der Waals surface area (Å²) >= 11 is 0. The van der Waals surface area contributed by atoms with Crippen LogP contribution < -0.4 is 9.80 Å². The quantitative estimate of drug-likeness (QED) is 0.802. The molecule has 0 radical (unpaired) electrons. The predicted molar refractivity (Wildman–Crippen MR) is 89.7 cm³/mol. The second-order valence-corrected chi connectivity index (χ2v) is 5.74. The van der Waals surface area contributed by atoms with Gasteiger partial charge in [0.05, 0.1) is 11.9 Å². The van der Waals surface area contributed by atoms with Gasteiger partial charge in [-0.3, -0.25) is 14.8 Å². The molecule has 2 amide bonds. The average Bonchev–Trinajstić information content (AvgIpc) is 2.96. The molecule has 1 fully saturated rings. The van der Waals surface area contributed by atoms with Crippen molar-refractivity contribution < 1.29 is 9.18 Å². The van der Waals surface area contributed by atoms with Crippen LogP contribution in [0.15, 0.2) is 41.8 Å². The lowest BCUT2D eigenvalue weighted by Crippen LogP contribution is -2.32. The lowest BCUT2D eigenvalue weighted by molar-refractivity contribution is 0.256. The summed E-state index contributed by atoms with van der Waals surface area (Å²) < 4.78 is 14.2. The van der Waals surface area contributed by atoms with E-state index in [9.17, 15) is 14.1 Å². The van der Waals surface area contributed by atoms with Gasteiger partial charge in [-0.05, 0) is 37.6 Å². The molecular weight excluding hydrogens is 311 g/mol. The van der Waals surface area contributed by atoms with Crippen LogP contribution in [0.4, 0.5) is 20.6 Å². The molecule has 0 saturated carbocycles. The van der Waals surface area contributed by atoms with Crippen molar-refractivity contribution in [3.63, 3.8) is 0 Å². The third-order valence-electron chi connectivity index (χ3n) is 4.22. The second kappa shape index (κ2) is 6.35. The van der Waals surface area contributed by atoms with Crippen molar-refractivity contribution in [2.24, 2.45) is 5.18 Å². The van der Waals surface area contributed by atoms with Crippen molar-refractivity contribution in [3.05, 3.63) is 58.5 Å². The third-order valence-corrected chi connectivity index (χ3v) is 4.22. The predicted octanol–water partition coefficient (Wildman–Crippen LogP) is 3.80. The van der Waals surface area contributed by atoms with Crippen molar-refractivity contribution in [1.82, 2.24) is 4.98 Å². The number of rotatable bonds is 4. The molecular formula is C17H17FN4O2. The van der Waals surface area contributed by atoms with E-state index in [-0.39, 0.29) is 11.6 Å². The summed E-state index contributed by atoms with van der Waals surface area (Å²) in [5.74, 6) is -0.539. The zero-order chi connectivity index (χ0) is 17.3. The first-order chi connectivity index (χ1) is 11.5. The maximum Gasteiger partial charge on any atom is 0.329 e. The number of carbonyl (C=O) groups excluding carboxylic acids is 1. The van der Waals surface area contributed by atoms with Crippen LogP contribution in [-0.2, 0) is 0 Å². The van der Waals surface area contributed by atoms with Gasteiger partial charge in [-0.15, -0.1) is 0 Å². The molecule has 1 saturated heterocycles. The fraction of sp³-hybridized carbons (Fsp3) is 0.294. The highest BCUT2D eigenvalue weighted by Crippen LogP contribution is 2.29. The van der Waals surface area contributed by atoms with Gasteiger partial charge in [0.1, 0.15) is 11.9 Å². The number of amides is 2. The number of anilines is 2. The van der Waals surface area contributed by atoms with Crippen LogP contribution in [0, 0.1) is 17.6 Å². The van der Waals surface area contributed by atoms with Crippen LogP contribution in [0.2, 0.25) is 0 Å². The van der Waals surface area contributed by atoms with Crippen LogP contribution in [-0.4, -0.2) is 24.1 Å². The Morgan fingerprint density at radius 3 is 2.67 bits per heavy atom. The van der Waals surface area contributed by atoms with Gasteiger partial charge in [0.25, 0.3) is 0 Å². The molecule has 1 atom stereocenters. The van der Waals surface area contributed by atoms with Crippen molar-refractivity contribution >= 4 is 17.4 Å². The number of pyridine rings is 1. The fourth-order valence-corrected chi connectivity index (χ4v) is 2.82. The van der Waals surface area contributed by atoms with Gasteiger partial charge < -0.3 is 0 Å². The van der Waals surface area contributed by atoms with Crippen molar-refractivity contribution in [2.75, 3.05) is 22.9 Å². The van der Waals surface area contributed by atoms with E-state index in [0.717, 1.165) is 11.3 Å². The van der Waals surface area contributed by atoms with E-state index >= 15 is 0 Å². The molecule has 1 aliphatic rings. The summed E-state index contributed by atoms with van der Waals surface area (Å²) in [6.45, 7) is 4.39. The molecule has 3 rings (SSSR count). The molecule has 2 aromatic rings. The van der Waals surface area contributed by atoms with Crippen molar-refractivity contribution in [2.45, 2.75) is 19.9 Å². The van der Waals surface area contributed by atoms with E-state index < -0.39 is 11.9 Å². The summed E-state index contributed by atoms with van der Waals surface area (Å²) in [7, 11) is 0. The van der Waals surface area contributed by atoms with Crippen molar-refractivity contribution in [3.8, 4) is 0 Å². The Balaban J connectivity index is 1.87. The summed E-state index contributed by atoms with van der Waals surface area (Å²) in [6.07, 6.45) is 3.32. The molecule has 1 aromatic carbocycles. The third kappa shape index (κ3) is 2.73. The number of aryl methyl sites for hydroxylation is 1. The number of halogens is 1. The Morgan fingerprint density at radius 2 is 2.00 bits per heavy atom. The Morgan fingerprint density at radius 1 is 1.25 bits per heavy atom. The first-order valence-corrected chi connectivity index (χ1v) is 7.64. The molecule has 1 aromatic heterocycles. The zero-order valence-electron chi connectivity index (χ0n) is 13.4. The SMILES string of the molecule is Cc1ccncc1N1CCN(c2ccc(C(C)N=O)c(F)c2)C1=O. The van der Waals surface area contributed by atoms with Crippen LogP contribution in [0.5, 0.6) is 0 Å². The number of nitroso groups, excluding NO2 is 1. The summed E-state index contributed by atoms with van der Waals surface area (Å²) in [5, 5.41) is 2.84. The Hall–Kier alpha value is -2.83. The topological polar surface area (TPSA) is 65.9 Å². The van der Waals surface area contributed by atoms with Crippen LogP contribution in [0.3, 0.4) is 0 Å². The van der Waals surface area contributed by atoms with Gasteiger partial charge in [-0.25, -0.2) is 9.18 Å². The minimum absolute atomic E-state index is 0.222. The van der Waals surface area contributed by atoms with Crippen LogP contribution in [0.25, 0.3) is 0 Å². The van der Waals surface area contributed by atoms with Gasteiger partial charge in [-0.2, -0.15) is 4.91 Å². The molecule has 6 nitrogen and oxygen atoms in total. The smallest absolute Gasteiger partial charge is 0.292 e. The maximum absolute atomic E-state index is 14.2. The number of carbonyl (C=O) groups is 1. The highest BCUT2D eigenvalue weighted by atomic mass is 19.1. The lowest BCUT2D eigenvalue weighted by atomic mass is 10.1. The molecule has 0 bridgehead atoms. The van der Waals surface area contributed by atoms with Gasteiger partial charge in [0.15, 0.2) is 0 Å². The molecule has 0 spiro atoms. The van der Waals surface area contributed by atoms with Crippen LogP contribution in [0.1, 0.15) is 24.1 Å². The Bertz CT molecular complexity index is 796.